The molecule has 0 saturated carbocycles. The summed E-state index contributed by atoms with van der Waals surface area (Å²) < 4.78 is 5.86. The minimum absolute atomic E-state index is 0.0144. The Hall–Kier alpha value is -1.42. The van der Waals surface area contributed by atoms with Crippen LogP contribution in [-0.4, -0.2) is 28.4 Å². The van der Waals surface area contributed by atoms with Gasteiger partial charge in [-0.25, -0.2) is 4.79 Å². The Morgan fingerprint density at radius 1 is 1.18 bits per heavy atom. The first-order valence-corrected chi connectivity index (χ1v) is 11.9. The van der Waals surface area contributed by atoms with Gasteiger partial charge in [0.05, 0.1) is 6.04 Å². The third kappa shape index (κ3) is 6.88. The monoisotopic (exact) mass is 403 g/mol. The van der Waals surface area contributed by atoms with Crippen LogP contribution in [0.1, 0.15) is 83.6 Å². The molecule has 0 spiro atoms. The highest BCUT2D eigenvalue weighted by molar-refractivity contribution is 7.99. The Morgan fingerprint density at radius 2 is 1.89 bits per heavy atom. The smallest absolute Gasteiger partial charge is 0.412 e. The highest BCUT2D eigenvalue weighted by atomic mass is 32.2. The maximum atomic E-state index is 13.1. The topological polar surface area (TPSA) is 29.5 Å². The van der Waals surface area contributed by atoms with Crippen molar-refractivity contribution in [3.8, 4) is 0 Å². The molecule has 4 heteroatoms. The van der Waals surface area contributed by atoms with Crippen molar-refractivity contribution in [3.05, 3.63) is 48.0 Å². The van der Waals surface area contributed by atoms with Crippen LogP contribution in [0.4, 0.5) is 4.79 Å². The van der Waals surface area contributed by atoms with Crippen LogP contribution in [-0.2, 0) is 4.74 Å². The fourth-order valence-electron chi connectivity index (χ4n) is 3.26. The molecule has 0 N–H and O–H groups in total. The van der Waals surface area contributed by atoms with Crippen molar-refractivity contribution in [2.45, 2.75) is 89.7 Å². The summed E-state index contributed by atoms with van der Waals surface area (Å²) in [4.78, 5) is 15.0. The number of amides is 1. The number of unbranched alkanes of at least 4 members (excludes halogenated alkanes) is 5. The number of hydrogen-bond donors (Lipinski definition) is 0. The molecule has 1 heterocycles. The van der Waals surface area contributed by atoms with E-state index in [1.807, 2.05) is 48.7 Å². The molecule has 1 saturated heterocycles. The molecule has 1 aliphatic heterocycles. The van der Waals surface area contributed by atoms with Gasteiger partial charge in [0.2, 0.25) is 0 Å². The molecule has 2 rings (SSSR count). The maximum Gasteiger partial charge on any atom is 0.412 e. The van der Waals surface area contributed by atoms with Gasteiger partial charge in [0.1, 0.15) is 11.0 Å². The van der Waals surface area contributed by atoms with Crippen molar-refractivity contribution in [2.24, 2.45) is 0 Å². The van der Waals surface area contributed by atoms with E-state index in [1.165, 1.54) is 32.1 Å². The van der Waals surface area contributed by atoms with Gasteiger partial charge in [0.25, 0.3) is 0 Å². The summed E-state index contributed by atoms with van der Waals surface area (Å²) in [6.45, 7) is 8.25. The maximum absolute atomic E-state index is 13.1. The number of carbonyl (C=O) groups is 1. The lowest BCUT2D eigenvalue weighted by molar-refractivity contribution is 0.00759. The van der Waals surface area contributed by atoms with E-state index < -0.39 is 5.60 Å². The molecule has 3 nitrogen and oxygen atoms in total. The first-order chi connectivity index (χ1) is 13.5. The zero-order valence-electron chi connectivity index (χ0n) is 18.0. The van der Waals surface area contributed by atoms with Crippen LogP contribution in [0, 0.1) is 0 Å². The molecular formula is C24H37NO2S. The molecular weight excluding hydrogens is 366 g/mol. The quantitative estimate of drug-likeness (QED) is 0.302. The second kappa shape index (κ2) is 11.5. The van der Waals surface area contributed by atoms with Crippen LogP contribution in [0.3, 0.4) is 0 Å². The van der Waals surface area contributed by atoms with Gasteiger partial charge in [-0.05, 0) is 38.7 Å². The van der Waals surface area contributed by atoms with Crippen LogP contribution in [0.25, 0.3) is 0 Å². The van der Waals surface area contributed by atoms with Gasteiger partial charge >= 0.3 is 6.09 Å². The Bertz CT molecular complexity index is 614. The highest BCUT2D eigenvalue weighted by Crippen LogP contribution is 2.42. The second-order valence-electron chi connectivity index (χ2n) is 8.18. The molecule has 1 fully saturated rings. The lowest BCUT2D eigenvalue weighted by atomic mass is 10.1. The van der Waals surface area contributed by atoms with Gasteiger partial charge in [0.15, 0.2) is 0 Å². The number of rotatable bonds is 10. The number of hydrogen-bond acceptors (Lipinski definition) is 3. The lowest BCUT2D eigenvalue weighted by Crippen LogP contribution is -2.41. The van der Waals surface area contributed by atoms with E-state index in [1.54, 1.807) is 0 Å². The molecule has 0 bridgehead atoms. The molecule has 156 valence electrons. The summed E-state index contributed by atoms with van der Waals surface area (Å²) in [6, 6.07) is 10.4. The van der Waals surface area contributed by atoms with Gasteiger partial charge in [-0.1, -0.05) is 82.0 Å². The highest BCUT2D eigenvalue weighted by Gasteiger charge is 2.39. The molecule has 0 aromatic heterocycles. The van der Waals surface area contributed by atoms with E-state index in [0.29, 0.717) is 0 Å². The van der Waals surface area contributed by atoms with E-state index >= 15 is 0 Å². The molecule has 28 heavy (non-hydrogen) atoms. The summed E-state index contributed by atoms with van der Waals surface area (Å²) in [5.74, 6) is 0.910. The summed E-state index contributed by atoms with van der Waals surface area (Å²) in [5, 5.41) is 0.0144. The van der Waals surface area contributed by atoms with Gasteiger partial charge in [0, 0.05) is 5.75 Å². The predicted octanol–water partition coefficient (Wildman–Crippen LogP) is 7.34. The molecule has 0 radical (unpaired) electrons. The fourth-order valence-corrected chi connectivity index (χ4v) is 4.66. The number of nitrogens with zero attached hydrogens (tertiary/aromatic N) is 1. The average molecular weight is 404 g/mol. The van der Waals surface area contributed by atoms with Gasteiger partial charge < -0.3 is 4.74 Å². The van der Waals surface area contributed by atoms with Gasteiger partial charge in [-0.15, -0.1) is 11.8 Å². The van der Waals surface area contributed by atoms with Crippen molar-refractivity contribution >= 4 is 17.9 Å². The minimum atomic E-state index is -0.445. The van der Waals surface area contributed by atoms with Crippen molar-refractivity contribution in [1.82, 2.24) is 4.90 Å². The first kappa shape index (κ1) is 22.9. The Labute approximate surface area is 175 Å². The van der Waals surface area contributed by atoms with E-state index in [4.69, 9.17) is 4.74 Å². The molecule has 1 amide bonds. The zero-order valence-corrected chi connectivity index (χ0v) is 18.8. The van der Waals surface area contributed by atoms with Gasteiger partial charge in [-0.3, -0.25) is 4.90 Å². The number of allylic oxidation sites excluding steroid dienone is 1. The molecule has 1 aliphatic rings. The van der Waals surface area contributed by atoms with Gasteiger partial charge in [-0.2, -0.15) is 0 Å². The second-order valence-corrected chi connectivity index (χ2v) is 9.30. The average Bonchev–Trinajstić information content (AvgIpc) is 3.12. The molecule has 2 atom stereocenters. The molecule has 0 aliphatic carbocycles. The number of ether oxygens (including phenoxy) is 1. The summed E-state index contributed by atoms with van der Waals surface area (Å²) in [7, 11) is 0. The van der Waals surface area contributed by atoms with Crippen molar-refractivity contribution in [2.75, 3.05) is 5.75 Å². The van der Waals surface area contributed by atoms with Crippen molar-refractivity contribution in [1.29, 1.82) is 0 Å². The van der Waals surface area contributed by atoms with Crippen LogP contribution in [0.2, 0.25) is 0 Å². The predicted molar refractivity (Wildman–Crippen MR) is 121 cm³/mol. The summed E-state index contributed by atoms with van der Waals surface area (Å²) in [6.07, 6.45) is 12.6. The fraction of sp³-hybridized carbons (Fsp3) is 0.625. The van der Waals surface area contributed by atoms with Crippen LogP contribution in [0.5, 0.6) is 0 Å². The summed E-state index contributed by atoms with van der Waals surface area (Å²) >= 11 is 1.82. The SMILES string of the molecule is CCCCCCC/C=C/[C@@H]1CS[C@H](c2ccccc2)N1C(=O)OC(C)(C)CC. The Balaban J connectivity index is 2.05. The van der Waals surface area contributed by atoms with E-state index in [-0.39, 0.29) is 17.5 Å². The summed E-state index contributed by atoms with van der Waals surface area (Å²) in [5.41, 5.74) is 0.716. The Kier molecular flexibility index (Phi) is 9.43. The minimum Gasteiger partial charge on any atom is -0.443 e. The van der Waals surface area contributed by atoms with Crippen molar-refractivity contribution in [3.63, 3.8) is 0 Å². The normalized spacial score (nSPS) is 20.1. The van der Waals surface area contributed by atoms with Crippen LogP contribution in [0.15, 0.2) is 42.5 Å². The largest absolute Gasteiger partial charge is 0.443 e. The molecule has 1 aromatic carbocycles. The Morgan fingerprint density at radius 3 is 2.57 bits per heavy atom. The lowest BCUT2D eigenvalue weighted by Gasteiger charge is -2.32. The zero-order chi connectivity index (χ0) is 20.4. The molecule has 0 unspecified atom stereocenters. The number of thioether (sulfide) groups is 1. The molecule has 1 aromatic rings. The number of carbonyl (C=O) groups excluding carboxylic acids is 1. The first-order valence-electron chi connectivity index (χ1n) is 10.8. The van der Waals surface area contributed by atoms with E-state index in [9.17, 15) is 4.79 Å². The number of benzene rings is 1. The third-order valence-corrected chi connectivity index (χ3v) is 6.73. The van der Waals surface area contributed by atoms with Crippen LogP contribution >= 0.6 is 11.8 Å². The van der Waals surface area contributed by atoms with E-state index in [0.717, 1.165) is 24.2 Å². The van der Waals surface area contributed by atoms with Crippen molar-refractivity contribution < 1.29 is 9.53 Å². The van der Waals surface area contributed by atoms with E-state index in [2.05, 4.69) is 38.1 Å². The van der Waals surface area contributed by atoms with Crippen LogP contribution < -0.4 is 0 Å². The standard InChI is InChI=1S/C24H37NO2S/c1-5-7-8-9-10-11-15-18-21-19-28-22(20-16-13-12-14-17-20)25(21)23(26)27-24(3,4)6-2/h12-18,21-22H,5-11,19H2,1-4H3/b18-15+/t21-,22-/m1/s1. The third-order valence-electron chi connectivity index (χ3n) is 5.38.